The zero-order chi connectivity index (χ0) is 15.0. The van der Waals surface area contributed by atoms with Crippen molar-refractivity contribution < 1.29 is 4.79 Å². The first-order chi connectivity index (χ1) is 8.68. The molecule has 108 valence electrons. The topological polar surface area (TPSA) is 86.7 Å². The fourth-order valence-corrected chi connectivity index (χ4v) is 0.919. The van der Waals surface area contributed by atoms with Crippen molar-refractivity contribution >= 4 is 5.78 Å². The van der Waals surface area contributed by atoms with Crippen LogP contribution in [0.4, 0.5) is 0 Å². The fraction of sp³-hybridized carbons (Fsp3) is 0.833. The highest BCUT2D eigenvalue weighted by Gasteiger charge is 2.00. The van der Waals surface area contributed by atoms with Crippen molar-refractivity contribution in [3.05, 3.63) is 5.82 Å². The lowest BCUT2D eigenvalue weighted by molar-refractivity contribution is -0.117. The molecule has 0 saturated heterocycles. The first kappa shape index (κ1) is 21.9. The van der Waals surface area contributed by atoms with Crippen molar-refractivity contribution in [2.24, 2.45) is 12.8 Å². The number of hydrogen-bond acceptors (Lipinski definition) is 5. The number of nitrogens with zero attached hydrogens (tertiary/aromatic N) is 4. The summed E-state index contributed by atoms with van der Waals surface area (Å²) >= 11 is 0. The molecule has 1 aromatic heterocycles. The summed E-state index contributed by atoms with van der Waals surface area (Å²) in [6.07, 6.45) is 2.13. The molecule has 0 aliphatic carbocycles. The Morgan fingerprint density at radius 2 is 1.72 bits per heavy atom. The van der Waals surface area contributed by atoms with Gasteiger partial charge in [-0.15, -0.1) is 10.2 Å². The molecule has 2 N–H and O–H groups in total. The quantitative estimate of drug-likeness (QED) is 0.890. The Bertz CT molecular complexity index is 273. The minimum Gasteiger partial charge on any atom is -0.333 e. The third-order valence-electron chi connectivity index (χ3n) is 1.48. The van der Waals surface area contributed by atoms with Crippen LogP contribution in [0.1, 0.15) is 53.3 Å². The Kier molecular flexibility index (Phi) is 22.0. The summed E-state index contributed by atoms with van der Waals surface area (Å²) in [7, 11) is 3.22. The molecular formula is C12H29N5O. The van der Waals surface area contributed by atoms with Gasteiger partial charge in [0.1, 0.15) is 5.78 Å². The van der Waals surface area contributed by atoms with Crippen LogP contribution in [0, 0.1) is 0 Å². The van der Waals surface area contributed by atoms with Gasteiger partial charge in [-0.3, -0.25) is 0 Å². The van der Waals surface area contributed by atoms with Crippen LogP contribution in [-0.2, 0) is 18.3 Å². The molecule has 18 heavy (non-hydrogen) atoms. The van der Waals surface area contributed by atoms with Gasteiger partial charge >= 0.3 is 0 Å². The number of tetrazole rings is 1. The van der Waals surface area contributed by atoms with Crippen LogP contribution < -0.4 is 5.73 Å². The monoisotopic (exact) mass is 259 g/mol. The van der Waals surface area contributed by atoms with Gasteiger partial charge in [-0.25, -0.2) is 0 Å². The van der Waals surface area contributed by atoms with E-state index in [2.05, 4.69) is 21.1 Å². The summed E-state index contributed by atoms with van der Waals surface area (Å²) in [6.45, 7) is 9.59. The minimum absolute atomic E-state index is 0.207. The summed E-state index contributed by atoms with van der Waals surface area (Å²) in [5, 5.41) is 11.5. The average molecular weight is 259 g/mol. The minimum atomic E-state index is 0.207. The van der Waals surface area contributed by atoms with Gasteiger partial charge in [-0.2, -0.15) is 4.80 Å². The molecule has 1 heterocycles. The average Bonchev–Trinajstić information content (AvgIpc) is 2.82. The first-order valence-electron chi connectivity index (χ1n) is 6.48. The van der Waals surface area contributed by atoms with Crippen molar-refractivity contribution in [1.29, 1.82) is 0 Å². The van der Waals surface area contributed by atoms with Gasteiger partial charge in [-0.1, -0.05) is 27.7 Å². The Labute approximate surface area is 111 Å². The smallest absolute Gasteiger partial charge is 0.174 e. The number of carbonyl (C=O) groups excluding carboxylic acids is 1. The van der Waals surface area contributed by atoms with E-state index < -0.39 is 0 Å². The zero-order valence-electron chi connectivity index (χ0n) is 12.9. The highest BCUT2D eigenvalue weighted by molar-refractivity contribution is 5.75. The molecule has 0 aliphatic heterocycles. The zero-order valence-corrected chi connectivity index (χ0v) is 12.9. The molecule has 0 aliphatic rings. The molecule has 0 atom stereocenters. The maximum absolute atomic E-state index is 10.6. The number of ketones is 1. The van der Waals surface area contributed by atoms with Crippen LogP contribution in [0.3, 0.4) is 0 Å². The summed E-state index contributed by atoms with van der Waals surface area (Å²) < 4.78 is 0. The molecule has 0 spiro atoms. The number of hydrogen-bond donors (Lipinski definition) is 1. The van der Waals surface area contributed by atoms with Gasteiger partial charge in [0.15, 0.2) is 5.82 Å². The summed E-state index contributed by atoms with van der Waals surface area (Å²) in [5.74, 6) is 0.914. The van der Waals surface area contributed by atoms with Crippen molar-refractivity contribution in [2.45, 2.75) is 53.9 Å². The van der Waals surface area contributed by atoms with Crippen LogP contribution in [0.25, 0.3) is 0 Å². The lowest BCUT2D eigenvalue weighted by atomic mass is 10.2. The third-order valence-corrected chi connectivity index (χ3v) is 1.48. The lowest BCUT2D eigenvalue weighted by Crippen LogP contribution is -1.95. The Hall–Kier alpha value is -1.30. The van der Waals surface area contributed by atoms with E-state index in [0.29, 0.717) is 12.2 Å². The van der Waals surface area contributed by atoms with E-state index in [0.717, 1.165) is 12.8 Å². The molecule has 0 fully saturated rings. The second-order valence-electron chi connectivity index (χ2n) is 2.75. The SMILES string of the molecule is CC.CC.CC(=O)CCCc1nnn(C)n1.CN. The van der Waals surface area contributed by atoms with Crippen LogP contribution in [0.5, 0.6) is 0 Å². The van der Waals surface area contributed by atoms with Gasteiger partial charge in [0.05, 0.1) is 7.05 Å². The van der Waals surface area contributed by atoms with Crippen LogP contribution >= 0.6 is 0 Å². The van der Waals surface area contributed by atoms with Crippen LogP contribution in [0.15, 0.2) is 0 Å². The standard InChI is InChI=1S/C7H12N4O.2C2H6.CH5N/c1-6(12)4-3-5-7-8-10-11(2)9-7;3*1-2/h3-5H2,1-2H3;2*1-2H3;2H2,1H3. The molecular weight excluding hydrogens is 230 g/mol. The number of aromatic nitrogens is 4. The maximum Gasteiger partial charge on any atom is 0.174 e. The second kappa shape index (κ2) is 18.1. The first-order valence-corrected chi connectivity index (χ1v) is 6.48. The van der Waals surface area contributed by atoms with E-state index in [9.17, 15) is 4.79 Å². The highest BCUT2D eigenvalue weighted by Crippen LogP contribution is 1.97. The van der Waals surface area contributed by atoms with Crippen molar-refractivity contribution in [3.8, 4) is 0 Å². The molecule has 1 aromatic rings. The molecule has 0 aromatic carbocycles. The molecule has 0 amide bonds. The van der Waals surface area contributed by atoms with E-state index >= 15 is 0 Å². The van der Waals surface area contributed by atoms with E-state index in [1.54, 1.807) is 14.0 Å². The van der Waals surface area contributed by atoms with E-state index in [1.807, 2.05) is 27.7 Å². The normalized spacial score (nSPS) is 7.78. The Morgan fingerprint density at radius 1 is 1.22 bits per heavy atom. The second-order valence-corrected chi connectivity index (χ2v) is 2.75. The maximum atomic E-state index is 10.6. The summed E-state index contributed by atoms with van der Waals surface area (Å²) in [4.78, 5) is 12.0. The number of aryl methyl sites for hydroxylation is 2. The molecule has 1 rings (SSSR count). The van der Waals surface area contributed by atoms with Gasteiger partial charge < -0.3 is 10.5 Å². The van der Waals surface area contributed by atoms with Gasteiger partial charge in [0, 0.05) is 12.8 Å². The van der Waals surface area contributed by atoms with E-state index in [1.165, 1.54) is 11.8 Å². The molecule has 0 radical (unpaired) electrons. The van der Waals surface area contributed by atoms with Gasteiger partial charge in [0.2, 0.25) is 0 Å². The number of Topliss-reactive ketones (excluding diaryl/α,β-unsaturated/α-hetero) is 1. The predicted octanol–water partition coefficient (Wildman–Crippen LogP) is 1.75. The summed E-state index contributed by atoms with van der Waals surface area (Å²) in [5.41, 5.74) is 4.50. The third kappa shape index (κ3) is 14.7. The predicted molar refractivity (Wildman–Crippen MR) is 75.2 cm³/mol. The van der Waals surface area contributed by atoms with Crippen molar-refractivity contribution in [3.63, 3.8) is 0 Å². The van der Waals surface area contributed by atoms with Gasteiger partial charge in [-0.05, 0) is 25.6 Å². The molecule has 0 unspecified atom stereocenters. The Balaban J connectivity index is -0.000000328. The van der Waals surface area contributed by atoms with E-state index in [-0.39, 0.29) is 5.78 Å². The molecule has 0 saturated carbocycles. The van der Waals surface area contributed by atoms with Crippen LogP contribution in [-0.4, -0.2) is 33.0 Å². The molecule has 0 bridgehead atoms. The lowest BCUT2D eigenvalue weighted by Gasteiger charge is -1.91. The highest BCUT2D eigenvalue weighted by atomic mass is 16.1. The molecule has 6 nitrogen and oxygen atoms in total. The fourth-order valence-electron chi connectivity index (χ4n) is 0.919. The number of nitrogens with two attached hydrogens (primary N) is 1. The number of carbonyl (C=O) groups is 1. The van der Waals surface area contributed by atoms with E-state index in [4.69, 9.17) is 0 Å². The molecule has 6 heteroatoms. The van der Waals surface area contributed by atoms with Crippen molar-refractivity contribution in [2.75, 3.05) is 7.05 Å². The van der Waals surface area contributed by atoms with Crippen LogP contribution in [0.2, 0.25) is 0 Å². The van der Waals surface area contributed by atoms with Gasteiger partial charge in [0.25, 0.3) is 0 Å². The summed E-state index contributed by atoms with van der Waals surface area (Å²) in [6, 6.07) is 0. The number of rotatable bonds is 4. The van der Waals surface area contributed by atoms with Crippen molar-refractivity contribution in [1.82, 2.24) is 20.2 Å². The largest absolute Gasteiger partial charge is 0.333 e. The Morgan fingerprint density at radius 3 is 2.06 bits per heavy atom.